The van der Waals surface area contributed by atoms with E-state index in [1.807, 2.05) is 22.7 Å². The zero-order chi connectivity index (χ0) is 11.0. The minimum Gasteiger partial charge on any atom is -0.360 e. The second-order valence-electron chi connectivity index (χ2n) is 4.29. The summed E-state index contributed by atoms with van der Waals surface area (Å²) in [5.74, 6) is 3.48. The van der Waals surface area contributed by atoms with E-state index >= 15 is 0 Å². The highest BCUT2D eigenvalue weighted by atomic mass is 32.2. The normalized spacial score (nSPS) is 21.1. The van der Waals surface area contributed by atoms with E-state index in [0.29, 0.717) is 11.6 Å². The Bertz CT molecular complexity index is 394. The van der Waals surface area contributed by atoms with E-state index in [4.69, 9.17) is 4.52 Å². The molecule has 0 aromatic carbocycles. The Labute approximate surface area is 98.3 Å². The van der Waals surface area contributed by atoms with Crippen LogP contribution in [0, 0.1) is 0 Å². The molecule has 0 N–H and O–H groups in total. The molecule has 5 heteroatoms. The average molecular weight is 238 g/mol. The number of hydrogen-bond donors (Lipinski definition) is 0. The molecule has 1 aromatic rings. The smallest absolute Gasteiger partial charge is 0.276 e. The minimum atomic E-state index is 0.0240. The van der Waals surface area contributed by atoms with Gasteiger partial charge in [-0.2, -0.15) is 11.8 Å². The highest BCUT2D eigenvalue weighted by Crippen LogP contribution is 2.40. The monoisotopic (exact) mass is 238 g/mol. The molecule has 0 spiro atoms. The molecule has 1 aliphatic heterocycles. The lowest BCUT2D eigenvalue weighted by Crippen LogP contribution is -2.38. The number of hydrogen-bond acceptors (Lipinski definition) is 4. The van der Waals surface area contributed by atoms with Crippen LogP contribution in [0.1, 0.15) is 35.0 Å². The Morgan fingerprint density at radius 1 is 1.44 bits per heavy atom. The third-order valence-electron chi connectivity index (χ3n) is 3.03. The summed E-state index contributed by atoms with van der Waals surface area (Å²) in [7, 11) is 0. The van der Waals surface area contributed by atoms with E-state index < -0.39 is 0 Å². The van der Waals surface area contributed by atoms with E-state index in [9.17, 15) is 4.79 Å². The highest BCUT2D eigenvalue weighted by Gasteiger charge is 2.30. The molecule has 2 aliphatic rings. The molecule has 1 saturated carbocycles. The lowest BCUT2D eigenvalue weighted by molar-refractivity contribution is 0.0762. The average Bonchev–Trinajstić information content (AvgIpc) is 3.08. The molecule has 1 amide bonds. The predicted octanol–water partition coefficient (Wildman–Crippen LogP) is 1.74. The first-order valence-electron chi connectivity index (χ1n) is 5.68. The molecule has 0 bridgehead atoms. The highest BCUT2D eigenvalue weighted by molar-refractivity contribution is 7.99. The summed E-state index contributed by atoms with van der Waals surface area (Å²) in [6.45, 7) is 1.66. The molecule has 0 unspecified atom stereocenters. The molecule has 16 heavy (non-hydrogen) atoms. The first kappa shape index (κ1) is 10.2. The summed E-state index contributed by atoms with van der Waals surface area (Å²) in [4.78, 5) is 13.9. The van der Waals surface area contributed by atoms with E-state index in [1.54, 1.807) is 0 Å². The maximum atomic E-state index is 12.1. The maximum absolute atomic E-state index is 12.1. The first-order chi connectivity index (χ1) is 7.84. The summed E-state index contributed by atoms with van der Waals surface area (Å²) in [5, 5.41) is 3.88. The molecule has 2 heterocycles. The standard InChI is InChI=1S/C11H14N2O2S/c14-11(13-3-5-16-6-4-13)9-7-10(15-12-9)8-1-2-8/h7-8H,1-6H2. The van der Waals surface area contributed by atoms with Gasteiger partial charge < -0.3 is 9.42 Å². The Kier molecular flexibility index (Phi) is 2.63. The van der Waals surface area contributed by atoms with Crippen molar-refractivity contribution in [1.29, 1.82) is 0 Å². The van der Waals surface area contributed by atoms with Crippen molar-refractivity contribution < 1.29 is 9.32 Å². The number of carbonyl (C=O) groups is 1. The second kappa shape index (κ2) is 4.13. The van der Waals surface area contributed by atoms with Gasteiger partial charge in [0.05, 0.1) is 0 Å². The quantitative estimate of drug-likeness (QED) is 0.787. The maximum Gasteiger partial charge on any atom is 0.276 e. The van der Waals surface area contributed by atoms with Gasteiger partial charge in [-0.15, -0.1) is 0 Å². The van der Waals surface area contributed by atoms with Crippen LogP contribution in [-0.4, -0.2) is 40.6 Å². The fourth-order valence-corrected chi connectivity index (χ4v) is 2.78. The zero-order valence-corrected chi connectivity index (χ0v) is 9.83. The molecular formula is C11H14N2O2S. The number of aromatic nitrogens is 1. The molecule has 0 atom stereocenters. The van der Waals surface area contributed by atoms with E-state index in [2.05, 4.69) is 5.16 Å². The lowest BCUT2D eigenvalue weighted by atomic mass is 10.2. The van der Waals surface area contributed by atoms with Gasteiger partial charge in [0.2, 0.25) is 0 Å². The van der Waals surface area contributed by atoms with Crippen molar-refractivity contribution in [3.63, 3.8) is 0 Å². The van der Waals surface area contributed by atoms with Gasteiger partial charge in [-0.3, -0.25) is 4.79 Å². The zero-order valence-electron chi connectivity index (χ0n) is 9.02. The molecule has 1 saturated heterocycles. The van der Waals surface area contributed by atoms with Crippen molar-refractivity contribution in [2.75, 3.05) is 24.6 Å². The number of amides is 1. The van der Waals surface area contributed by atoms with Crippen LogP contribution < -0.4 is 0 Å². The Balaban J connectivity index is 1.71. The molecule has 4 nitrogen and oxygen atoms in total. The summed E-state index contributed by atoms with van der Waals surface area (Å²) < 4.78 is 5.20. The topological polar surface area (TPSA) is 46.3 Å². The fourth-order valence-electron chi connectivity index (χ4n) is 1.88. The number of thioether (sulfide) groups is 1. The molecule has 1 aromatic heterocycles. The summed E-state index contributed by atoms with van der Waals surface area (Å²) >= 11 is 1.89. The molecule has 3 rings (SSSR count). The van der Waals surface area contributed by atoms with E-state index in [1.165, 1.54) is 12.8 Å². The number of rotatable bonds is 2. The molecule has 86 valence electrons. The van der Waals surface area contributed by atoms with Crippen molar-refractivity contribution in [1.82, 2.24) is 10.1 Å². The van der Waals surface area contributed by atoms with Crippen molar-refractivity contribution in [3.05, 3.63) is 17.5 Å². The van der Waals surface area contributed by atoms with Crippen LogP contribution in [0.3, 0.4) is 0 Å². The second-order valence-corrected chi connectivity index (χ2v) is 5.52. The SMILES string of the molecule is O=C(c1cc(C2CC2)on1)N1CCSCC1. The van der Waals surface area contributed by atoms with Crippen molar-refractivity contribution in [2.24, 2.45) is 0 Å². The largest absolute Gasteiger partial charge is 0.360 e. The Hall–Kier alpha value is -0.970. The third kappa shape index (κ3) is 1.96. The molecule has 1 aliphatic carbocycles. The van der Waals surface area contributed by atoms with Crippen LogP contribution in [0.4, 0.5) is 0 Å². The van der Waals surface area contributed by atoms with Crippen LogP contribution in [0.15, 0.2) is 10.6 Å². The lowest BCUT2D eigenvalue weighted by Gasteiger charge is -2.25. The van der Waals surface area contributed by atoms with Crippen LogP contribution >= 0.6 is 11.8 Å². The van der Waals surface area contributed by atoms with Crippen LogP contribution in [0.5, 0.6) is 0 Å². The van der Waals surface area contributed by atoms with Crippen molar-refractivity contribution in [2.45, 2.75) is 18.8 Å². The third-order valence-corrected chi connectivity index (χ3v) is 3.97. The van der Waals surface area contributed by atoms with Gasteiger partial charge in [0.25, 0.3) is 5.91 Å². The van der Waals surface area contributed by atoms with Crippen molar-refractivity contribution in [3.8, 4) is 0 Å². The van der Waals surface area contributed by atoms with Gasteiger partial charge in [-0.05, 0) is 12.8 Å². The van der Waals surface area contributed by atoms with Crippen LogP contribution in [0.25, 0.3) is 0 Å². The van der Waals surface area contributed by atoms with Gasteiger partial charge in [-0.1, -0.05) is 5.16 Å². The summed E-state index contributed by atoms with van der Waals surface area (Å²) in [5.41, 5.74) is 0.480. The van der Waals surface area contributed by atoms with E-state index in [-0.39, 0.29) is 5.91 Å². The van der Waals surface area contributed by atoms with Gasteiger partial charge in [0.15, 0.2) is 5.69 Å². The van der Waals surface area contributed by atoms with Crippen LogP contribution in [0.2, 0.25) is 0 Å². The van der Waals surface area contributed by atoms with Crippen molar-refractivity contribution >= 4 is 17.7 Å². The predicted molar refractivity (Wildman–Crippen MR) is 61.7 cm³/mol. The van der Waals surface area contributed by atoms with Gasteiger partial charge >= 0.3 is 0 Å². The molecule has 0 radical (unpaired) electrons. The Morgan fingerprint density at radius 2 is 2.19 bits per heavy atom. The number of carbonyl (C=O) groups excluding carboxylic acids is 1. The first-order valence-corrected chi connectivity index (χ1v) is 6.84. The number of nitrogens with zero attached hydrogens (tertiary/aromatic N) is 2. The fraction of sp³-hybridized carbons (Fsp3) is 0.636. The van der Waals surface area contributed by atoms with Gasteiger partial charge in [0, 0.05) is 36.6 Å². The molecular weight excluding hydrogens is 224 g/mol. The summed E-state index contributed by atoms with van der Waals surface area (Å²) in [6.07, 6.45) is 2.34. The van der Waals surface area contributed by atoms with E-state index in [0.717, 1.165) is 30.4 Å². The Morgan fingerprint density at radius 3 is 2.88 bits per heavy atom. The van der Waals surface area contributed by atoms with Gasteiger partial charge in [-0.25, -0.2) is 0 Å². The van der Waals surface area contributed by atoms with Gasteiger partial charge in [0.1, 0.15) is 5.76 Å². The molecule has 2 fully saturated rings. The van der Waals surface area contributed by atoms with Crippen LogP contribution in [-0.2, 0) is 0 Å². The summed E-state index contributed by atoms with van der Waals surface area (Å²) in [6, 6.07) is 1.82. The minimum absolute atomic E-state index is 0.0240.